The highest BCUT2D eigenvalue weighted by Crippen LogP contribution is 2.20. The van der Waals surface area contributed by atoms with E-state index in [2.05, 4.69) is 43.1 Å². The summed E-state index contributed by atoms with van der Waals surface area (Å²) in [5, 5.41) is 0. The Kier molecular flexibility index (Phi) is 3.55. The van der Waals surface area contributed by atoms with E-state index in [-0.39, 0.29) is 6.04 Å². The molecule has 1 unspecified atom stereocenters. The molecule has 0 fully saturated rings. The minimum atomic E-state index is 0.0408. The van der Waals surface area contributed by atoms with E-state index in [1.54, 1.807) is 6.20 Å². The average molecular weight is 226 g/mol. The lowest BCUT2D eigenvalue weighted by atomic mass is 9.95. The van der Waals surface area contributed by atoms with Gasteiger partial charge in [-0.25, -0.2) is 0 Å². The van der Waals surface area contributed by atoms with Gasteiger partial charge in [0.15, 0.2) is 0 Å². The molecule has 1 atom stereocenters. The zero-order valence-electron chi connectivity index (χ0n) is 10.4. The number of pyridine rings is 1. The third kappa shape index (κ3) is 2.71. The molecule has 0 saturated heterocycles. The number of hydrogen-bond acceptors (Lipinski definition) is 2. The van der Waals surface area contributed by atoms with Crippen LogP contribution in [0.2, 0.25) is 0 Å². The van der Waals surface area contributed by atoms with Crippen LogP contribution in [0.1, 0.15) is 28.3 Å². The number of benzene rings is 1. The number of nitrogens with zero attached hydrogens (tertiary/aromatic N) is 1. The Bertz CT molecular complexity index is 506. The van der Waals surface area contributed by atoms with Gasteiger partial charge >= 0.3 is 0 Å². The average Bonchev–Trinajstić information content (AvgIpc) is 2.32. The number of hydrogen-bond donors (Lipinski definition) is 1. The predicted octanol–water partition coefficient (Wildman–Crippen LogP) is 2.94. The van der Waals surface area contributed by atoms with Gasteiger partial charge in [0.25, 0.3) is 0 Å². The maximum absolute atomic E-state index is 6.27. The molecular weight excluding hydrogens is 208 g/mol. The molecule has 2 rings (SSSR count). The highest BCUT2D eigenvalue weighted by Gasteiger charge is 2.10. The van der Waals surface area contributed by atoms with Crippen LogP contribution < -0.4 is 5.73 Å². The molecule has 1 aromatic heterocycles. The summed E-state index contributed by atoms with van der Waals surface area (Å²) in [5.41, 5.74) is 11.2. The van der Waals surface area contributed by atoms with Crippen LogP contribution in [0.4, 0.5) is 0 Å². The van der Waals surface area contributed by atoms with Crippen molar-refractivity contribution in [3.05, 3.63) is 65.0 Å². The molecular formula is C15H18N2. The topological polar surface area (TPSA) is 38.9 Å². The number of rotatable bonds is 3. The highest BCUT2D eigenvalue weighted by atomic mass is 14.7. The van der Waals surface area contributed by atoms with Crippen LogP contribution in [0.5, 0.6) is 0 Å². The Morgan fingerprint density at radius 3 is 2.59 bits per heavy atom. The first-order valence-corrected chi connectivity index (χ1v) is 5.89. The molecule has 0 radical (unpaired) electrons. The molecule has 0 amide bonds. The molecule has 2 aromatic rings. The second-order valence-electron chi connectivity index (χ2n) is 4.47. The van der Waals surface area contributed by atoms with Crippen molar-refractivity contribution in [2.75, 3.05) is 0 Å². The van der Waals surface area contributed by atoms with E-state index in [1.165, 1.54) is 16.7 Å². The van der Waals surface area contributed by atoms with Crippen molar-refractivity contribution < 1.29 is 0 Å². The molecule has 2 N–H and O–H groups in total. The molecule has 17 heavy (non-hydrogen) atoms. The predicted molar refractivity (Wildman–Crippen MR) is 70.8 cm³/mol. The fourth-order valence-corrected chi connectivity index (χ4v) is 2.09. The molecule has 2 nitrogen and oxygen atoms in total. The Labute approximate surface area is 103 Å². The normalized spacial score (nSPS) is 12.4. The maximum Gasteiger partial charge on any atom is 0.0339 e. The summed E-state index contributed by atoms with van der Waals surface area (Å²) >= 11 is 0. The van der Waals surface area contributed by atoms with E-state index in [9.17, 15) is 0 Å². The zero-order chi connectivity index (χ0) is 12.3. The maximum atomic E-state index is 6.27. The van der Waals surface area contributed by atoms with Gasteiger partial charge in [-0.05, 0) is 48.6 Å². The van der Waals surface area contributed by atoms with E-state index >= 15 is 0 Å². The minimum absolute atomic E-state index is 0.0408. The van der Waals surface area contributed by atoms with Gasteiger partial charge in [0.1, 0.15) is 0 Å². The third-order valence-electron chi connectivity index (χ3n) is 3.16. The Morgan fingerprint density at radius 2 is 1.88 bits per heavy atom. The van der Waals surface area contributed by atoms with Crippen molar-refractivity contribution in [1.29, 1.82) is 0 Å². The quantitative estimate of drug-likeness (QED) is 0.874. The molecule has 0 saturated carbocycles. The van der Waals surface area contributed by atoms with Crippen molar-refractivity contribution in [3.8, 4) is 0 Å². The molecule has 0 aliphatic rings. The zero-order valence-corrected chi connectivity index (χ0v) is 10.4. The highest BCUT2D eigenvalue weighted by molar-refractivity contribution is 5.31. The summed E-state index contributed by atoms with van der Waals surface area (Å²) in [6.45, 7) is 4.18. The summed E-state index contributed by atoms with van der Waals surface area (Å²) in [4.78, 5) is 4.10. The van der Waals surface area contributed by atoms with Crippen LogP contribution in [0, 0.1) is 13.8 Å². The first kappa shape index (κ1) is 11.8. The second-order valence-corrected chi connectivity index (χ2v) is 4.47. The van der Waals surface area contributed by atoms with E-state index in [1.807, 2.05) is 12.3 Å². The third-order valence-corrected chi connectivity index (χ3v) is 3.16. The monoisotopic (exact) mass is 226 g/mol. The van der Waals surface area contributed by atoms with Gasteiger partial charge in [-0.3, -0.25) is 4.98 Å². The SMILES string of the molecule is Cc1ccccc1CC(N)c1ccncc1C. The molecule has 2 heteroatoms. The summed E-state index contributed by atoms with van der Waals surface area (Å²) in [5.74, 6) is 0. The van der Waals surface area contributed by atoms with Gasteiger partial charge in [-0.2, -0.15) is 0 Å². The lowest BCUT2D eigenvalue weighted by Gasteiger charge is -2.15. The molecule has 0 bridgehead atoms. The molecule has 0 aliphatic heterocycles. The summed E-state index contributed by atoms with van der Waals surface area (Å²) < 4.78 is 0. The molecule has 0 spiro atoms. The summed E-state index contributed by atoms with van der Waals surface area (Å²) in [6.07, 6.45) is 4.55. The molecule has 88 valence electrons. The van der Waals surface area contributed by atoms with Crippen LogP contribution >= 0.6 is 0 Å². The Hall–Kier alpha value is -1.67. The van der Waals surface area contributed by atoms with Gasteiger partial charge < -0.3 is 5.73 Å². The van der Waals surface area contributed by atoms with Crippen molar-refractivity contribution in [1.82, 2.24) is 4.98 Å². The summed E-state index contributed by atoms with van der Waals surface area (Å²) in [6, 6.07) is 10.4. The van der Waals surface area contributed by atoms with Crippen LogP contribution in [0.15, 0.2) is 42.7 Å². The fourth-order valence-electron chi connectivity index (χ4n) is 2.09. The van der Waals surface area contributed by atoms with Crippen LogP contribution in [-0.2, 0) is 6.42 Å². The van der Waals surface area contributed by atoms with Crippen molar-refractivity contribution in [3.63, 3.8) is 0 Å². The molecule has 1 aromatic carbocycles. The van der Waals surface area contributed by atoms with Crippen LogP contribution in [0.25, 0.3) is 0 Å². The standard InChI is InChI=1S/C15H18N2/c1-11-5-3-4-6-13(11)9-15(16)14-7-8-17-10-12(14)2/h3-8,10,15H,9,16H2,1-2H3. The van der Waals surface area contributed by atoms with Crippen LogP contribution in [0.3, 0.4) is 0 Å². The number of aromatic nitrogens is 1. The lowest BCUT2D eigenvalue weighted by molar-refractivity contribution is 0.712. The Morgan fingerprint density at radius 1 is 1.12 bits per heavy atom. The van der Waals surface area contributed by atoms with Gasteiger partial charge in [-0.15, -0.1) is 0 Å². The number of aryl methyl sites for hydroxylation is 2. The van der Waals surface area contributed by atoms with Gasteiger partial charge in [0.2, 0.25) is 0 Å². The largest absolute Gasteiger partial charge is 0.324 e. The fraction of sp³-hybridized carbons (Fsp3) is 0.267. The van der Waals surface area contributed by atoms with Gasteiger partial charge in [-0.1, -0.05) is 24.3 Å². The van der Waals surface area contributed by atoms with E-state index in [0.29, 0.717) is 0 Å². The summed E-state index contributed by atoms with van der Waals surface area (Å²) in [7, 11) is 0. The Balaban J connectivity index is 2.20. The van der Waals surface area contributed by atoms with Crippen molar-refractivity contribution >= 4 is 0 Å². The first-order valence-electron chi connectivity index (χ1n) is 5.89. The van der Waals surface area contributed by atoms with E-state index in [4.69, 9.17) is 5.73 Å². The smallest absolute Gasteiger partial charge is 0.0339 e. The van der Waals surface area contributed by atoms with Crippen molar-refractivity contribution in [2.45, 2.75) is 26.3 Å². The minimum Gasteiger partial charge on any atom is -0.324 e. The van der Waals surface area contributed by atoms with Gasteiger partial charge in [0.05, 0.1) is 0 Å². The number of nitrogens with two attached hydrogens (primary N) is 1. The van der Waals surface area contributed by atoms with Crippen molar-refractivity contribution in [2.24, 2.45) is 5.73 Å². The van der Waals surface area contributed by atoms with Crippen LogP contribution in [-0.4, -0.2) is 4.98 Å². The molecule has 1 heterocycles. The van der Waals surface area contributed by atoms with E-state index < -0.39 is 0 Å². The lowest BCUT2D eigenvalue weighted by Crippen LogP contribution is -2.15. The van der Waals surface area contributed by atoms with E-state index in [0.717, 1.165) is 12.0 Å². The second kappa shape index (κ2) is 5.11. The van der Waals surface area contributed by atoms with Gasteiger partial charge in [0, 0.05) is 18.4 Å². The molecule has 0 aliphatic carbocycles. The first-order chi connectivity index (χ1) is 8.18.